The molecule has 2 aromatic heterocycles. The van der Waals surface area contributed by atoms with Crippen LogP contribution in [0.15, 0.2) is 67.1 Å². The number of carbonyl (C=O) groups is 2. The first kappa shape index (κ1) is 24.0. The van der Waals surface area contributed by atoms with Crippen LogP contribution in [0.2, 0.25) is 0 Å². The van der Waals surface area contributed by atoms with Gasteiger partial charge in [-0.1, -0.05) is 24.3 Å². The van der Waals surface area contributed by atoms with E-state index in [1.165, 1.54) is 12.3 Å². The molecule has 0 aliphatic heterocycles. The molecular weight excluding hydrogens is 446 g/mol. The Morgan fingerprint density at radius 1 is 1.09 bits per heavy atom. The van der Waals surface area contributed by atoms with Crippen molar-refractivity contribution in [2.75, 3.05) is 6.61 Å². The summed E-state index contributed by atoms with van der Waals surface area (Å²) in [5.74, 6) is -1.09. The minimum atomic E-state index is -1.08. The van der Waals surface area contributed by atoms with Crippen molar-refractivity contribution in [2.24, 2.45) is 0 Å². The molecule has 0 saturated heterocycles. The number of carboxylic acid groups (broad SMARTS) is 1. The molecule has 0 aliphatic rings. The first-order valence-corrected chi connectivity index (χ1v) is 11.3. The first-order valence-electron chi connectivity index (χ1n) is 11.3. The number of rotatable bonds is 9. The van der Waals surface area contributed by atoms with Crippen molar-refractivity contribution in [1.29, 1.82) is 0 Å². The van der Waals surface area contributed by atoms with Crippen LogP contribution >= 0.6 is 0 Å². The Bertz CT molecular complexity index is 1360. The molecule has 0 aliphatic carbocycles. The summed E-state index contributed by atoms with van der Waals surface area (Å²) in [6.07, 6.45) is 4.98. The van der Waals surface area contributed by atoms with E-state index in [1.807, 2.05) is 44.3 Å². The fourth-order valence-electron chi connectivity index (χ4n) is 3.95. The summed E-state index contributed by atoms with van der Waals surface area (Å²) in [7, 11) is 0. The highest BCUT2D eigenvalue weighted by molar-refractivity contribution is 5.98. The van der Waals surface area contributed by atoms with Crippen LogP contribution in [0.25, 0.3) is 22.0 Å². The van der Waals surface area contributed by atoms with Crippen molar-refractivity contribution in [1.82, 2.24) is 15.3 Å². The number of aromatic carboxylic acids is 1. The number of nitrogens with one attached hydrogen (secondary N) is 2. The highest BCUT2D eigenvalue weighted by Gasteiger charge is 2.20. The van der Waals surface area contributed by atoms with E-state index in [0.717, 1.165) is 16.5 Å². The second kappa shape index (κ2) is 10.4. The number of pyridine rings is 1. The molecule has 8 heteroatoms. The number of H-pyrrole nitrogens is 1. The number of nitrogens with zero attached hydrogens (tertiary/aromatic N) is 1. The van der Waals surface area contributed by atoms with Crippen LogP contribution in [-0.4, -0.2) is 50.8 Å². The predicted octanol–water partition coefficient (Wildman–Crippen LogP) is 4.05. The van der Waals surface area contributed by atoms with Gasteiger partial charge in [-0.05, 0) is 55.7 Å². The normalized spacial score (nSPS) is 12.0. The lowest BCUT2D eigenvalue weighted by molar-refractivity contribution is 0.0696. The molecule has 0 unspecified atom stereocenters. The Balaban J connectivity index is 1.62. The average molecular weight is 474 g/mol. The molecule has 0 fully saturated rings. The fraction of sp³-hybridized carbons (Fsp3) is 0.222. The summed E-state index contributed by atoms with van der Waals surface area (Å²) in [5, 5.41) is 23.2. The molecule has 8 nitrogen and oxygen atoms in total. The van der Waals surface area contributed by atoms with Crippen LogP contribution in [0.3, 0.4) is 0 Å². The van der Waals surface area contributed by atoms with Gasteiger partial charge in [0.1, 0.15) is 5.75 Å². The number of hydrogen-bond acceptors (Lipinski definition) is 5. The minimum absolute atomic E-state index is 0.0510. The van der Waals surface area contributed by atoms with E-state index in [-0.39, 0.29) is 23.8 Å². The van der Waals surface area contributed by atoms with Gasteiger partial charge in [0, 0.05) is 35.1 Å². The Labute approximate surface area is 202 Å². The molecule has 4 aromatic rings. The number of aliphatic hydroxyl groups excluding tert-OH is 1. The number of aliphatic hydroxyl groups is 1. The summed E-state index contributed by atoms with van der Waals surface area (Å²) in [4.78, 5) is 31.9. The third kappa shape index (κ3) is 5.50. The first-order chi connectivity index (χ1) is 16.9. The van der Waals surface area contributed by atoms with Gasteiger partial charge < -0.3 is 25.3 Å². The van der Waals surface area contributed by atoms with Gasteiger partial charge in [0.15, 0.2) is 0 Å². The summed E-state index contributed by atoms with van der Waals surface area (Å²) in [6.45, 7) is 3.49. The highest BCUT2D eigenvalue weighted by Crippen LogP contribution is 2.28. The summed E-state index contributed by atoms with van der Waals surface area (Å²) in [6, 6.07) is 13.9. The van der Waals surface area contributed by atoms with Gasteiger partial charge in [-0.25, -0.2) is 4.79 Å². The molecular formula is C27H27N3O5. The number of ether oxygens (including phenoxy) is 1. The SMILES string of the molecule is CC(C)Oc1ccc(-c2cncc(C(=O)O)c2)cc1C(=O)N[C@@H](CO)Cc1c[nH]c2ccccc12. The van der Waals surface area contributed by atoms with Gasteiger partial charge in [-0.15, -0.1) is 0 Å². The number of benzene rings is 2. The van der Waals surface area contributed by atoms with Gasteiger partial charge in [-0.3, -0.25) is 9.78 Å². The number of aromatic nitrogens is 2. The summed E-state index contributed by atoms with van der Waals surface area (Å²) in [5.41, 5.74) is 3.50. The maximum Gasteiger partial charge on any atom is 0.337 e. The Kier molecular flexibility index (Phi) is 7.12. The zero-order valence-electron chi connectivity index (χ0n) is 19.5. The van der Waals surface area contributed by atoms with Gasteiger partial charge in [0.05, 0.1) is 29.9 Å². The van der Waals surface area contributed by atoms with Crippen LogP contribution in [0.5, 0.6) is 5.75 Å². The molecule has 2 heterocycles. The van der Waals surface area contributed by atoms with E-state index >= 15 is 0 Å². The van der Waals surface area contributed by atoms with E-state index in [9.17, 15) is 19.8 Å². The molecule has 1 atom stereocenters. The van der Waals surface area contributed by atoms with Crippen LogP contribution in [0.1, 0.15) is 40.1 Å². The molecule has 0 saturated carbocycles. The smallest absolute Gasteiger partial charge is 0.337 e. The Morgan fingerprint density at radius 3 is 2.63 bits per heavy atom. The fourth-order valence-corrected chi connectivity index (χ4v) is 3.95. The van der Waals surface area contributed by atoms with Gasteiger partial charge in [0.2, 0.25) is 0 Å². The quantitative estimate of drug-likeness (QED) is 0.291. The Hall–Kier alpha value is -4.17. The van der Waals surface area contributed by atoms with Crippen molar-refractivity contribution in [3.05, 3.63) is 83.8 Å². The molecule has 35 heavy (non-hydrogen) atoms. The molecule has 0 spiro atoms. The second-order valence-corrected chi connectivity index (χ2v) is 8.56. The van der Waals surface area contributed by atoms with Crippen molar-refractivity contribution in [3.63, 3.8) is 0 Å². The largest absolute Gasteiger partial charge is 0.490 e. The lowest BCUT2D eigenvalue weighted by Crippen LogP contribution is -2.39. The number of carbonyl (C=O) groups excluding carboxylic acids is 1. The Morgan fingerprint density at radius 2 is 1.89 bits per heavy atom. The standard InChI is InChI=1S/C27H27N3O5/c1-16(2)35-25-8-7-17(18-9-20(27(33)34)13-28-12-18)11-23(25)26(32)30-21(15-31)10-19-14-29-24-6-4-3-5-22(19)24/h3-9,11-14,16,21,29,31H,10,15H2,1-2H3,(H,30,32)(H,33,34)/t21-/m1/s1. The monoisotopic (exact) mass is 473 g/mol. The summed E-state index contributed by atoms with van der Waals surface area (Å²) >= 11 is 0. The van der Waals surface area contributed by atoms with E-state index in [4.69, 9.17) is 4.74 Å². The predicted molar refractivity (Wildman–Crippen MR) is 133 cm³/mol. The summed E-state index contributed by atoms with van der Waals surface area (Å²) < 4.78 is 5.86. The van der Waals surface area contributed by atoms with E-state index in [2.05, 4.69) is 15.3 Å². The van der Waals surface area contributed by atoms with Crippen molar-refractivity contribution in [3.8, 4) is 16.9 Å². The van der Waals surface area contributed by atoms with Crippen LogP contribution in [0, 0.1) is 0 Å². The molecule has 2 aromatic carbocycles. The lowest BCUT2D eigenvalue weighted by Gasteiger charge is -2.19. The molecule has 4 rings (SSSR count). The van der Waals surface area contributed by atoms with Gasteiger partial charge in [-0.2, -0.15) is 0 Å². The van der Waals surface area contributed by atoms with Crippen molar-refractivity contribution in [2.45, 2.75) is 32.4 Å². The number of amides is 1. The topological polar surface area (TPSA) is 125 Å². The number of hydrogen-bond donors (Lipinski definition) is 4. The number of aromatic amines is 1. The molecule has 0 bridgehead atoms. The second-order valence-electron chi connectivity index (χ2n) is 8.56. The maximum atomic E-state index is 13.3. The molecule has 180 valence electrons. The zero-order valence-corrected chi connectivity index (χ0v) is 19.5. The highest BCUT2D eigenvalue weighted by atomic mass is 16.5. The van der Waals surface area contributed by atoms with Crippen LogP contribution in [-0.2, 0) is 6.42 Å². The third-order valence-electron chi connectivity index (χ3n) is 5.60. The van der Waals surface area contributed by atoms with Gasteiger partial charge in [0.25, 0.3) is 5.91 Å². The van der Waals surface area contributed by atoms with Crippen molar-refractivity contribution >= 4 is 22.8 Å². The number of fused-ring (bicyclic) bond motifs is 1. The maximum absolute atomic E-state index is 13.3. The average Bonchev–Trinajstić information content (AvgIpc) is 3.26. The molecule has 1 amide bonds. The number of carboxylic acids is 1. The van der Waals surface area contributed by atoms with Gasteiger partial charge >= 0.3 is 5.97 Å². The third-order valence-corrected chi connectivity index (χ3v) is 5.60. The number of para-hydroxylation sites is 1. The van der Waals surface area contributed by atoms with Crippen LogP contribution in [0.4, 0.5) is 0 Å². The van der Waals surface area contributed by atoms with Crippen molar-refractivity contribution < 1.29 is 24.5 Å². The van der Waals surface area contributed by atoms with Crippen LogP contribution < -0.4 is 10.1 Å². The van der Waals surface area contributed by atoms with E-state index in [0.29, 0.717) is 23.3 Å². The van der Waals surface area contributed by atoms with E-state index in [1.54, 1.807) is 24.4 Å². The lowest BCUT2D eigenvalue weighted by atomic mass is 10.0. The molecule has 0 radical (unpaired) electrons. The van der Waals surface area contributed by atoms with E-state index < -0.39 is 17.9 Å². The molecule has 4 N–H and O–H groups in total. The zero-order chi connectivity index (χ0) is 24.9. The minimum Gasteiger partial charge on any atom is -0.490 e.